The monoisotopic (exact) mass is 253 g/mol. The fourth-order valence-electron chi connectivity index (χ4n) is 2.47. The summed E-state index contributed by atoms with van der Waals surface area (Å²) >= 11 is 0. The van der Waals surface area contributed by atoms with Crippen LogP contribution in [0.4, 0.5) is 0 Å². The average molecular weight is 253 g/mol. The lowest BCUT2D eigenvalue weighted by Crippen LogP contribution is -2.32. The highest BCUT2D eigenvalue weighted by molar-refractivity contribution is 5.86. The molecule has 0 radical (unpaired) electrons. The first-order valence-corrected chi connectivity index (χ1v) is 6.33. The number of piperidine rings is 1. The molecule has 18 heavy (non-hydrogen) atoms. The van der Waals surface area contributed by atoms with Gasteiger partial charge in [-0.05, 0) is 25.9 Å². The van der Waals surface area contributed by atoms with E-state index in [9.17, 15) is 9.59 Å². The lowest BCUT2D eigenvalue weighted by Gasteiger charge is -2.26. The molecule has 6 nitrogen and oxygen atoms in total. The number of hydrogen-bond acceptors (Lipinski definition) is 3. The molecule has 1 aliphatic rings. The molecule has 0 saturated carbocycles. The molecule has 0 spiro atoms. The molecule has 0 atom stereocenters. The van der Waals surface area contributed by atoms with Crippen LogP contribution in [-0.4, -0.2) is 45.2 Å². The summed E-state index contributed by atoms with van der Waals surface area (Å²) in [6.45, 7) is 2.95. The molecule has 0 amide bonds. The second kappa shape index (κ2) is 5.39. The third-order valence-electron chi connectivity index (χ3n) is 3.56. The third-order valence-corrected chi connectivity index (χ3v) is 3.56. The quantitative estimate of drug-likeness (QED) is 0.816. The van der Waals surface area contributed by atoms with Gasteiger partial charge in [0.05, 0.1) is 5.69 Å². The van der Waals surface area contributed by atoms with Crippen LogP contribution in [0.2, 0.25) is 0 Å². The van der Waals surface area contributed by atoms with E-state index in [1.807, 2.05) is 0 Å². The van der Waals surface area contributed by atoms with Gasteiger partial charge in [-0.15, -0.1) is 0 Å². The molecule has 6 heteroatoms. The number of likely N-dealkylation sites (tertiary alicyclic amines) is 1. The van der Waals surface area contributed by atoms with Gasteiger partial charge in [-0.2, -0.15) is 0 Å². The zero-order valence-corrected chi connectivity index (χ0v) is 10.6. The summed E-state index contributed by atoms with van der Waals surface area (Å²) in [4.78, 5) is 27.2. The van der Waals surface area contributed by atoms with Crippen molar-refractivity contribution in [3.63, 3.8) is 0 Å². The zero-order chi connectivity index (χ0) is 13.1. The Morgan fingerprint density at radius 2 is 2.00 bits per heavy atom. The normalized spacial score (nSPS) is 16.9. The predicted octanol–water partition coefficient (Wildman–Crippen LogP) is 0.440. The number of carboxylic acid groups (broad SMARTS) is 1. The minimum atomic E-state index is -1.07. The van der Waals surface area contributed by atoms with E-state index < -0.39 is 5.97 Å². The molecule has 100 valence electrons. The highest BCUT2D eigenvalue weighted by atomic mass is 16.4. The van der Waals surface area contributed by atoms with E-state index in [1.165, 1.54) is 23.8 Å². The third kappa shape index (κ3) is 2.64. The number of carbonyl (C=O) groups is 1. The second-order valence-corrected chi connectivity index (χ2v) is 4.77. The van der Waals surface area contributed by atoms with Gasteiger partial charge in [0.15, 0.2) is 0 Å². The molecule has 2 rings (SSSR count). The number of imidazole rings is 1. The summed E-state index contributed by atoms with van der Waals surface area (Å²) in [5.74, 6) is -1.07. The van der Waals surface area contributed by atoms with Crippen LogP contribution in [0.15, 0.2) is 4.79 Å². The van der Waals surface area contributed by atoms with Crippen molar-refractivity contribution in [2.75, 3.05) is 19.6 Å². The topological polar surface area (TPSA) is 78.3 Å². The fraction of sp³-hybridized carbons (Fsp3) is 0.667. The SMILES string of the molecule is Cn1c(CCN2CCCCC2)c(C(=O)O)[nH]c1=O. The van der Waals surface area contributed by atoms with Crippen LogP contribution in [0.5, 0.6) is 0 Å². The molecular formula is C12H19N3O3. The number of nitrogens with zero attached hydrogens (tertiary/aromatic N) is 2. The molecule has 0 aromatic carbocycles. The first-order chi connectivity index (χ1) is 8.59. The van der Waals surface area contributed by atoms with Crippen molar-refractivity contribution in [2.45, 2.75) is 25.7 Å². The van der Waals surface area contributed by atoms with E-state index in [2.05, 4.69) is 9.88 Å². The van der Waals surface area contributed by atoms with E-state index in [-0.39, 0.29) is 11.4 Å². The van der Waals surface area contributed by atoms with Crippen molar-refractivity contribution < 1.29 is 9.90 Å². The summed E-state index contributed by atoms with van der Waals surface area (Å²) in [5.41, 5.74) is 0.249. The first-order valence-electron chi connectivity index (χ1n) is 6.33. The highest BCUT2D eigenvalue weighted by Gasteiger charge is 2.18. The number of carboxylic acids is 1. The van der Waals surface area contributed by atoms with Crippen LogP contribution >= 0.6 is 0 Å². The van der Waals surface area contributed by atoms with Crippen molar-refractivity contribution in [3.05, 3.63) is 21.9 Å². The summed E-state index contributed by atoms with van der Waals surface area (Å²) in [7, 11) is 1.61. The maximum absolute atomic E-state index is 11.4. The van der Waals surface area contributed by atoms with Gasteiger partial charge in [0.2, 0.25) is 0 Å². The van der Waals surface area contributed by atoms with E-state index >= 15 is 0 Å². The van der Waals surface area contributed by atoms with Gasteiger partial charge in [-0.3, -0.25) is 9.55 Å². The summed E-state index contributed by atoms with van der Waals surface area (Å²) < 4.78 is 1.40. The molecule has 0 bridgehead atoms. The molecular weight excluding hydrogens is 234 g/mol. The molecule has 1 saturated heterocycles. The Morgan fingerprint density at radius 1 is 1.33 bits per heavy atom. The highest BCUT2D eigenvalue weighted by Crippen LogP contribution is 2.11. The lowest BCUT2D eigenvalue weighted by atomic mass is 10.1. The Labute approximate surface area is 105 Å². The minimum Gasteiger partial charge on any atom is -0.477 e. The van der Waals surface area contributed by atoms with Crippen LogP contribution in [-0.2, 0) is 13.5 Å². The van der Waals surface area contributed by atoms with Crippen molar-refractivity contribution in [2.24, 2.45) is 7.05 Å². The number of aromatic nitrogens is 2. The smallest absolute Gasteiger partial charge is 0.354 e. The van der Waals surface area contributed by atoms with Gasteiger partial charge >= 0.3 is 11.7 Å². The fourth-order valence-corrected chi connectivity index (χ4v) is 2.47. The van der Waals surface area contributed by atoms with Gasteiger partial charge < -0.3 is 10.0 Å². The van der Waals surface area contributed by atoms with Crippen molar-refractivity contribution >= 4 is 5.97 Å². The van der Waals surface area contributed by atoms with E-state index in [0.717, 1.165) is 19.6 Å². The van der Waals surface area contributed by atoms with E-state index in [1.54, 1.807) is 7.05 Å². The maximum atomic E-state index is 11.4. The molecule has 1 aromatic rings. The van der Waals surface area contributed by atoms with Crippen LogP contribution in [0.25, 0.3) is 0 Å². The van der Waals surface area contributed by atoms with Gasteiger partial charge in [0, 0.05) is 20.0 Å². The predicted molar refractivity (Wildman–Crippen MR) is 67.0 cm³/mol. The molecule has 2 heterocycles. The van der Waals surface area contributed by atoms with E-state index in [4.69, 9.17) is 5.11 Å². The Morgan fingerprint density at radius 3 is 2.61 bits per heavy atom. The summed E-state index contributed by atoms with van der Waals surface area (Å²) in [6, 6.07) is 0. The van der Waals surface area contributed by atoms with Gasteiger partial charge in [-0.25, -0.2) is 9.59 Å². The second-order valence-electron chi connectivity index (χ2n) is 4.77. The number of aromatic carboxylic acids is 1. The number of hydrogen-bond donors (Lipinski definition) is 2. The Balaban J connectivity index is 2.08. The van der Waals surface area contributed by atoms with Crippen LogP contribution < -0.4 is 5.69 Å². The average Bonchev–Trinajstić information content (AvgIpc) is 2.65. The van der Waals surface area contributed by atoms with Crippen LogP contribution in [0, 0.1) is 0 Å². The Hall–Kier alpha value is -1.56. The maximum Gasteiger partial charge on any atom is 0.354 e. The molecule has 1 fully saturated rings. The molecule has 1 aromatic heterocycles. The number of H-pyrrole nitrogens is 1. The van der Waals surface area contributed by atoms with Crippen LogP contribution in [0.1, 0.15) is 35.4 Å². The lowest BCUT2D eigenvalue weighted by molar-refractivity contribution is 0.0689. The van der Waals surface area contributed by atoms with Crippen molar-refractivity contribution in [1.29, 1.82) is 0 Å². The zero-order valence-electron chi connectivity index (χ0n) is 10.6. The van der Waals surface area contributed by atoms with Crippen molar-refractivity contribution in [3.8, 4) is 0 Å². The number of nitrogens with one attached hydrogen (secondary N) is 1. The number of aromatic amines is 1. The minimum absolute atomic E-state index is 0.0273. The molecule has 2 N–H and O–H groups in total. The Kier molecular flexibility index (Phi) is 3.86. The molecule has 0 aliphatic carbocycles. The van der Waals surface area contributed by atoms with Gasteiger partial charge in [0.1, 0.15) is 5.69 Å². The summed E-state index contributed by atoms with van der Waals surface area (Å²) in [5, 5.41) is 9.04. The van der Waals surface area contributed by atoms with Crippen LogP contribution in [0.3, 0.4) is 0 Å². The Bertz CT molecular complexity index is 483. The van der Waals surface area contributed by atoms with Gasteiger partial charge in [0.25, 0.3) is 0 Å². The molecule has 0 unspecified atom stereocenters. The van der Waals surface area contributed by atoms with Crippen molar-refractivity contribution in [1.82, 2.24) is 14.5 Å². The van der Waals surface area contributed by atoms with E-state index in [0.29, 0.717) is 12.1 Å². The first kappa shape index (κ1) is 12.9. The number of rotatable bonds is 4. The van der Waals surface area contributed by atoms with Gasteiger partial charge in [-0.1, -0.05) is 6.42 Å². The summed E-state index contributed by atoms with van der Waals surface area (Å²) in [6.07, 6.45) is 4.28. The largest absolute Gasteiger partial charge is 0.477 e. The standard InChI is InChI=1S/C12H19N3O3/c1-14-9(10(11(16)17)13-12(14)18)5-8-15-6-3-2-4-7-15/h2-8H2,1H3,(H,13,18)(H,16,17). The molecule has 1 aliphatic heterocycles.